The third-order valence-electron chi connectivity index (χ3n) is 0.553. The van der Waals surface area contributed by atoms with Crippen LogP contribution in [0.3, 0.4) is 0 Å². The molecule has 0 fully saturated rings. The SMILES string of the molecule is CCN[NH2+]CC. The first-order valence-corrected chi connectivity index (χ1v) is 2.46. The van der Waals surface area contributed by atoms with E-state index in [0.717, 1.165) is 13.1 Å². The second-order valence-corrected chi connectivity index (χ2v) is 1.17. The van der Waals surface area contributed by atoms with E-state index in [2.05, 4.69) is 24.7 Å². The lowest BCUT2D eigenvalue weighted by molar-refractivity contribution is -0.707. The molecule has 0 saturated carbocycles. The monoisotopic (exact) mass is 89.1 g/mol. The largest absolute Gasteiger partial charge is 0.269 e. The van der Waals surface area contributed by atoms with Gasteiger partial charge in [-0.05, 0) is 13.8 Å². The maximum atomic E-state index is 3.07. The zero-order valence-corrected chi connectivity index (χ0v) is 4.49. The molecule has 0 heterocycles. The highest BCUT2D eigenvalue weighted by Crippen LogP contribution is 1.33. The number of quaternary nitrogens is 1. The smallest absolute Gasteiger partial charge is 0.0901 e. The molecule has 0 unspecified atom stereocenters. The molecule has 0 bridgehead atoms. The van der Waals surface area contributed by atoms with Crippen molar-refractivity contribution >= 4 is 0 Å². The minimum atomic E-state index is 1.05. The van der Waals surface area contributed by atoms with E-state index in [-0.39, 0.29) is 0 Å². The summed E-state index contributed by atoms with van der Waals surface area (Å²) in [6.45, 7) is 6.37. The second kappa shape index (κ2) is 4.92. The average Bonchev–Trinajstić information content (AvgIpc) is 1.61. The molecule has 0 radical (unpaired) electrons. The van der Waals surface area contributed by atoms with Gasteiger partial charge in [0.15, 0.2) is 0 Å². The van der Waals surface area contributed by atoms with E-state index in [9.17, 15) is 0 Å². The summed E-state index contributed by atoms with van der Waals surface area (Å²) in [5.74, 6) is 0. The topological polar surface area (TPSA) is 28.6 Å². The molecule has 0 rings (SSSR count). The van der Waals surface area contributed by atoms with E-state index in [0.29, 0.717) is 0 Å². The number of nitrogens with two attached hydrogens (primary N) is 1. The van der Waals surface area contributed by atoms with Crippen LogP contribution in [0.2, 0.25) is 0 Å². The van der Waals surface area contributed by atoms with Gasteiger partial charge in [-0.1, -0.05) is 0 Å². The van der Waals surface area contributed by atoms with Crippen LogP contribution in [-0.4, -0.2) is 13.1 Å². The Morgan fingerprint density at radius 2 is 2.17 bits per heavy atom. The second-order valence-electron chi connectivity index (χ2n) is 1.17. The molecule has 0 atom stereocenters. The molecular formula is C4H13N2+. The molecule has 2 nitrogen and oxygen atoms in total. The van der Waals surface area contributed by atoms with Crippen LogP contribution in [-0.2, 0) is 0 Å². The Hall–Kier alpha value is -0.0800. The van der Waals surface area contributed by atoms with Crippen LogP contribution in [0.5, 0.6) is 0 Å². The lowest BCUT2D eigenvalue weighted by Crippen LogP contribution is -2.92. The van der Waals surface area contributed by atoms with E-state index in [1.807, 2.05) is 0 Å². The van der Waals surface area contributed by atoms with E-state index in [1.54, 1.807) is 0 Å². The predicted molar refractivity (Wildman–Crippen MR) is 26.1 cm³/mol. The van der Waals surface area contributed by atoms with Gasteiger partial charge in [0.1, 0.15) is 0 Å². The van der Waals surface area contributed by atoms with Gasteiger partial charge in [0.05, 0.1) is 6.54 Å². The fourth-order valence-corrected chi connectivity index (χ4v) is 0.289. The zero-order valence-electron chi connectivity index (χ0n) is 4.49. The summed E-state index contributed by atoms with van der Waals surface area (Å²) in [4.78, 5) is 0. The van der Waals surface area contributed by atoms with E-state index < -0.39 is 0 Å². The summed E-state index contributed by atoms with van der Waals surface area (Å²) in [5, 5.41) is 0. The fraction of sp³-hybridized carbons (Fsp3) is 1.00. The van der Waals surface area contributed by atoms with Crippen LogP contribution in [0, 0.1) is 0 Å². The zero-order chi connectivity index (χ0) is 4.83. The first kappa shape index (κ1) is 5.92. The standard InChI is InChI=1S/C4H12N2/c1-3-5-6-4-2/h5-6H,3-4H2,1-2H3/p+1. The molecule has 0 aromatic heterocycles. The lowest BCUT2D eigenvalue weighted by atomic mass is 10.8. The van der Waals surface area contributed by atoms with Crippen molar-refractivity contribution in [1.29, 1.82) is 0 Å². The van der Waals surface area contributed by atoms with Crippen molar-refractivity contribution in [1.82, 2.24) is 5.43 Å². The Morgan fingerprint density at radius 1 is 1.50 bits per heavy atom. The number of nitrogens with one attached hydrogen (secondary N) is 1. The molecule has 0 amide bonds. The van der Waals surface area contributed by atoms with Gasteiger partial charge in [0.2, 0.25) is 0 Å². The van der Waals surface area contributed by atoms with Crippen molar-refractivity contribution in [2.24, 2.45) is 0 Å². The van der Waals surface area contributed by atoms with E-state index >= 15 is 0 Å². The van der Waals surface area contributed by atoms with Gasteiger partial charge in [-0.3, -0.25) is 5.43 Å². The van der Waals surface area contributed by atoms with Crippen molar-refractivity contribution in [3.05, 3.63) is 0 Å². The van der Waals surface area contributed by atoms with Gasteiger partial charge in [0, 0.05) is 6.54 Å². The molecule has 0 aliphatic heterocycles. The maximum absolute atomic E-state index is 3.07. The summed E-state index contributed by atoms with van der Waals surface area (Å²) in [6, 6.07) is 0. The van der Waals surface area contributed by atoms with Crippen molar-refractivity contribution in [3.63, 3.8) is 0 Å². The molecule has 3 N–H and O–H groups in total. The van der Waals surface area contributed by atoms with Crippen LogP contribution < -0.4 is 10.9 Å². The molecule has 0 spiro atoms. The Kier molecular flexibility index (Phi) is 4.85. The van der Waals surface area contributed by atoms with Crippen molar-refractivity contribution < 1.29 is 5.43 Å². The van der Waals surface area contributed by atoms with Gasteiger partial charge >= 0.3 is 0 Å². The molecule has 0 aliphatic carbocycles. The summed E-state index contributed by atoms with van der Waals surface area (Å²) < 4.78 is 0. The van der Waals surface area contributed by atoms with Gasteiger partial charge in [0.25, 0.3) is 0 Å². The molecule has 0 aromatic carbocycles. The van der Waals surface area contributed by atoms with Crippen molar-refractivity contribution in [2.45, 2.75) is 13.8 Å². The normalized spacial score (nSPS) is 9.00. The summed E-state index contributed by atoms with van der Waals surface area (Å²) in [7, 11) is 0. The van der Waals surface area contributed by atoms with Gasteiger partial charge in [-0.2, -0.15) is 5.43 Å². The number of hydrogen-bond acceptors (Lipinski definition) is 1. The van der Waals surface area contributed by atoms with Crippen LogP contribution in [0.4, 0.5) is 0 Å². The van der Waals surface area contributed by atoms with E-state index in [4.69, 9.17) is 0 Å². The number of rotatable bonds is 3. The quantitative estimate of drug-likeness (QED) is 0.262. The predicted octanol–water partition coefficient (Wildman–Crippen LogP) is -0.906. The molecule has 6 heavy (non-hydrogen) atoms. The number of hydrogen-bond donors (Lipinski definition) is 2. The highest BCUT2D eigenvalue weighted by atomic mass is 15.3. The minimum Gasteiger partial charge on any atom is -0.269 e. The minimum absolute atomic E-state index is 1.05. The van der Waals surface area contributed by atoms with Crippen LogP contribution in [0.15, 0.2) is 0 Å². The first-order chi connectivity index (χ1) is 2.91. The maximum Gasteiger partial charge on any atom is 0.0901 e. The van der Waals surface area contributed by atoms with Gasteiger partial charge in [-0.25, -0.2) is 0 Å². The molecular weight excluding hydrogens is 76.1 g/mol. The third kappa shape index (κ3) is 3.92. The Labute approximate surface area is 38.9 Å². The fourth-order valence-electron chi connectivity index (χ4n) is 0.289. The van der Waals surface area contributed by atoms with Crippen molar-refractivity contribution in [3.8, 4) is 0 Å². The van der Waals surface area contributed by atoms with Crippen LogP contribution >= 0.6 is 0 Å². The van der Waals surface area contributed by atoms with Gasteiger partial charge < -0.3 is 0 Å². The van der Waals surface area contributed by atoms with Gasteiger partial charge in [-0.15, -0.1) is 0 Å². The first-order valence-electron chi connectivity index (χ1n) is 2.46. The average molecular weight is 89.2 g/mol. The molecule has 0 aromatic rings. The summed E-state index contributed by atoms with van der Waals surface area (Å²) >= 11 is 0. The Balaban J connectivity index is 2.34. The Bertz CT molecular complexity index is 17.5. The van der Waals surface area contributed by atoms with Crippen LogP contribution in [0.1, 0.15) is 13.8 Å². The highest BCUT2D eigenvalue weighted by molar-refractivity contribution is 4.06. The van der Waals surface area contributed by atoms with Crippen LogP contribution in [0.25, 0.3) is 0 Å². The molecule has 2 heteroatoms. The molecule has 38 valence electrons. The lowest BCUT2D eigenvalue weighted by Gasteiger charge is -1.91. The highest BCUT2D eigenvalue weighted by Gasteiger charge is 1.72. The van der Waals surface area contributed by atoms with E-state index in [1.165, 1.54) is 0 Å². The summed E-state index contributed by atoms with van der Waals surface area (Å²) in [5.41, 5.74) is 5.13. The summed E-state index contributed by atoms with van der Waals surface area (Å²) in [6.07, 6.45) is 0. The third-order valence-corrected chi connectivity index (χ3v) is 0.553. The molecule has 0 saturated heterocycles. The van der Waals surface area contributed by atoms with Crippen molar-refractivity contribution in [2.75, 3.05) is 13.1 Å². The Morgan fingerprint density at radius 3 is 2.33 bits per heavy atom. The molecule has 0 aliphatic rings.